The predicted octanol–water partition coefficient (Wildman–Crippen LogP) is 5.90. The number of hydrogen-bond acceptors (Lipinski definition) is 5. The molecule has 0 aromatic rings. The maximum absolute atomic E-state index is 11.8. The molecule has 178 valence electrons. The van der Waals surface area contributed by atoms with Gasteiger partial charge in [0.15, 0.2) is 0 Å². The molecule has 0 heterocycles. The largest absolute Gasteiger partial charge is 0.481 e. The number of allylic oxidation sites excluding steroid dienone is 7. The normalized spacial score (nSPS) is 13.4. The first kappa shape index (κ1) is 29.3. The van der Waals surface area contributed by atoms with Crippen molar-refractivity contribution in [3.05, 3.63) is 72.9 Å². The molecule has 0 saturated carbocycles. The molecular weight excluding hydrogens is 408 g/mol. The third-order valence-corrected chi connectivity index (χ3v) is 4.48. The minimum atomic E-state index is -0.829. The summed E-state index contributed by atoms with van der Waals surface area (Å²) in [5.41, 5.74) is 1.82. The van der Waals surface area contributed by atoms with E-state index in [-0.39, 0.29) is 25.6 Å². The Morgan fingerprint density at radius 2 is 1.72 bits per heavy atom. The topological polar surface area (TPSA) is 82.1 Å². The van der Waals surface area contributed by atoms with Crippen molar-refractivity contribution in [2.24, 2.45) is 5.92 Å². The zero-order valence-corrected chi connectivity index (χ0v) is 19.5. The molecule has 32 heavy (non-hydrogen) atoms. The van der Waals surface area contributed by atoms with Crippen LogP contribution in [0.25, 0.3) is 0 Å². The molecule has 1 unspecified atom stereocenters. The Kier molecular flexibility index (Phi) is 18.5. The number of ether oxygens (including phenoxy) is 1. The molecule has 6 nitrogen and oxygen atoms in total. The Morgan fingerprint density at radius 3 is 2.38 bits per heavy atom. The third-order valence-electron chi connectivity index (χ3n) is 4.48. The van der Waals surface area contributed by atoms with Crippen LogP contribution in [0.3, 0.4) is 0 Å². The van der Waals surface area contributed by atoms with Gasteiger partial charge in [0.1, 0.15) is 13.2 Å². The van der Waals surface area contributed by atoms with E-state index < -0.39 is 11.9 Å². The Balaban J connectivity index is 4.01. The van der Waals surface area contributed by atoms with Gasteiger partial charge in [-0.3, -0.25) is 9.59 Å². The van der Waals surface area contributed by atoms with Crippen molar-refractivity contribution >= 4 is 11.9 Å². The average Bonchev–Trinajstić information content (AvgIpc) is 2.77. The zero-order chi connectivity index (χ0) is 24.0. The van der Waals surface area contributed by atoms with Gasteiger partial charge in [0, 0.05) is 6.42 Å². The zero-order valence-electron chi connectivity index (χ0n) is 19.5. The number of esters is 1. The molecule has 0 aliphatic rings. The molecule has 0 saturated heterocycles. The van der Waals surface area contributed by atoms with Gasteiger partial charge in [0.05, 0.1) is 12.5 Å². The number of carbonyl (C=O) groups is 2. The quantitative estimate of drug-likeness (QED) is 0.0875. The van der Waals surface area contributed by atoms with Gasteiger partial charge >= 0.3 is 11.9 Å². The van der Waals surface area contributed by atoms with Gasteiger partial charge in [-0.2, -0.15) is 0 Å². The van der Waals surface area contributed by atoms with Crippen molar-refractivity contribution in [2.45, 2.75) is 52.4 Å². The second-order valence-corrected chi connectivity index (χ2v) is 7.27. The summed E-state index contributed by atoms with van der Waals surface area (Å²) >= 11 is 0. The van der Waals surface area contributed by atoms with Crippen LogP contribution in [0.1, 0.15) is 52.4 Å². The predicted molar refractivity (Wildman–Crippen MR) is 128 cm³/mol. The molecule has 0 radical (unpaired) electrons. The van der Waals surface area contributed by atoms with E-state index >= 15 is 0 Å². The monoisotopic (exact) mass is 446 g/mol. The summed E-state index contributed by atoms with van der Waals surface area (Å²) in [7, 11) is 0. The fraction of sp³-hybridized carbons (Fsp3) is 0.462. The second-order valence-electron chi connectivity index (χ2n) is 7.27. The van der Waals surface area contributed by atoms with E-state index in [1.165, 1.54) is 0 Å². The summed E-state index contributed by atoms with van der Waals surface area (Å²) in [6.45, 7) is 11.9. The second kappa shape index (κ2) is 20.2. The van der Waals surface area contributed by atoms with E-state index in [0.717, 1.165) is 11.1 Å². The van der Waals surface area contributed by atoms with Crippen molar-refractivity contribution in [3.63, 3.8) is 0 Å². The van der Waals surface area contributed by atoms with Crippen LogP contribution in [-0.2, 0) is 24.1 Å². The van der Waals surface area contributed by atoms with Crippen LogP contribution in [0.5, 0.6) is 0 Å². The molecule has 1 atom stereocenters. The maximum atomic E-state index is 11.8. The lowest BCUT2D eigenvalue weighted by Crippen LogP contribution is -2.15. The summed E-state index contributed by atoms with van der Waals surface area (Å²) < 4.78 is 5.21. The lowest BCUT2D eigenvalue weighted by Gasteiger charge is -2.12. The summed E-state index contributed by atoms with van der Waals surface area (Å²) in [4.78, 5) is 33.5. The first-order valence-electron chi connectivity index (χ1n) is 11.0. The lowest BCUT2D eigenvalue weighted by atomic mass is 9.96. The number of carboxylic acid groups (broad SMARTS) is 1. The Morgan fingerprint density at radius 1 is 0.969 bits per heavy atom. The van der Waals surface area contributed by atoms with Crippen molar-refractivity contribution in [1.82, 2.24) is 0 Å². The molecule has 6 heteroatoms. The minimum Gasteiger partial charge on any atom is -0.481 e. The van der Waals surface area contributed by atoms with Crippen molar-refractivity contribution in [3.8, 4) is 0 Å². The standard InChI is InChI=1S/C26H38O6/c1-5-8-10-14-22(4)20-30-25(27)18-12-11-16-24(26(28)29)17-13-19-31-32-21-23(7-3)15-9-6-2/h5-10,14-15,24H,1,3,11-13,16-21H2,2,4H3,(H,28,29)/b9-6-,10-8-,22-14+,23-15+. The first-order valence-corrected chi connectivity index (χ1v) is 11.0. The van der Waals surface area contributed by atoms with Gasteiger partial charge in [-0.25, -0.2) is 9.78 Å². The number of carbonyl (C=O) groups excluding carboxylic acids is 1. The van der Waals surface area contributed by atoms with E-state index in [1.807, 2.05) is 44.2 Å². The number of unbranched alkanes of at least 4 members (excludes halogenated alkanes) is 1. The van der Waals surface area contributed by atoms with Crippen LogP contribution in [-0.4, -0.2) is 36.9 Å². The van der Waals surface area contributed by atoms with Crippen molar-refractivity contribution in [1.29, 1.82) is 0 Å². The first-order chi connectivity index (χ1) is 15.4. The van der Waals surface area contributed by atoms with Crippen molar-refractivity contribution < 1.29 is 29.2 Å². The molecule has 0 bridgehead atoms. The molecule has 0 fully saturated rings. The number of hydrogen-bond donors (Lipinski definition) is 1. The fourth-order valence-electron chi connectivity index (χ4n) is 2.62. The lowest BCUT2D eigenvalue weighted by molar-refractivity contribution is -0.288. The highest BCUT2D eigenvalue weighted by atomic mass is 17.2. The SMILES string of the molecule is C=C/C=C\C=C(/C)COC(=O)CCCCC(CCCOOC/C(C=C)=C/C=C\C)C(=O)O. The Hall–Kier alpha value is -2.70. The summed E-state index contributed by atoms with van der Waals surface area (Å²) in [5.74, 6) is -1.56. The molecule has 0 aromatic heterocycles. The molecule has 0 aromatic carbocycles. The van der Waals surface area contributed by atoms with E-state index in [4.69, 9.17) is 14.5 Å². The Labute approximate surface area is 192 Å². The molecule has 0 aliphatic carbocycles. The van der Waals surface area contributed by atoms with Crippen LogP contribution in [0, 0.1) is 5.92 Å². The molecular formula is C26H38O6. The minimum absolute atomic E-state index is 0.250. The maximum Gasteiger partial charge on any atom is 0.306 e. The third kappa shape index (κ3) is 17.0. The molecule has 1 N–H and O–H groups in total. The molecule has 0 rings (SSSR count). The fourth-order valence-corrected chi connectivity index (χ4v) is 2.62. The summed E-state index contributed by atoms with van der Waals surface area (Å²) in [6.07, 6.45) is 17.7. The number of aliphatic carboxylic acids is 1. The van der Waals surface area contributed by atoms with Gasteiger partial charge in [0.25, 0.3) is 0 Å². The van der Waals surface area contributed by atoms with E-state index in [0.29, 0.717) is 38.7 Å². The van der Waals surface area contributed by atoms with Gasteiger partial charge in [0.2, 0.25) is 0 Å². The van der Waals surface area contributed by atoms with Gasteiger partial charge < -0.3 is 9.84 Å². The highest BCUT2D eigenvalue weighted by Crippen LogP contribution is 2.17. The van der Waals surface area contributed by atoms with E-state index in [1.54, 1.807) is 18.2 Å². The van der Waals surface area contributed by atoms with Crippen LogP contribution in [0.15, 0.2) is 72.9 Å². The Bertz CT molecular complexity index is 684. The van der Waals surface area contributed by atoms with Gasteiger partial charge in [-0.15, -0.1) is 0 Å². The van der Waals surface area contributed by atoms with Crippen molar-refractivity contribution in [2.75, 3.05) is 19.8 Å². The molecule has 0 aliphatic heterocycles. The van der Waals surface area contributed by atoms with Crippen LogP contribution >= 0.6 is 0 Å². The highest BCUT2D eigenvalue weighted by Gasteiger charge is 2.17. The number of carboxylic acids is 1. The summed E-state index contributed by atoms with van der Waals surface area (Å²) in [5, 5.41) is 9.40. The highest BCUT2D eigenvalue weighted by molar-refractivity contribution is 5.70. The van der Waals surface area contributed by atoms with Crippen LogP contribution in [0.2, 0.25) is 0 Å². The smallest absolute Gasteiger partial charge is 0.306 e. The van der Waals surface area contributed by atoms with E-state index in [9.17, 15) is 14.7 Å². The molecule has 0 amide bonds. The van der Waals surface area contributed by atoms with Crippen LogP contribution in [0.4, 0.5) is 0 Å². The van der Waals surface area contributed by atoms with E-state index in [2.05, 4.69) is 13.2 Å². The van der Waals surface area contributed by atoms with Gasteiger partial charge in [-0.1, -0.05) is 68.2 Å². The molecule has 0 spiro atoms. The van der Waals surface area contributed by atoms with Crippen LogP contribution < -0.4 is 0 Å². The number of rotatable bonds is 19. The summed E-state index contributed by atoms with van der Waals surface area (Å²) in [6, 6.07) is 0. The van der Waals surface area contributed by atoms with Gasteiger partial charge in [-0.05, 0) is 50.7 Å². The average molecular weight is 447 g/mol.